The van der Waals surface area contributed by atoms with Crippen LogP contribution in [0, 0.1) is 0 Å². The van der Waals surface area contributed by atoms with Gasteiger partial charge >= 0.3 is 0 Å². The Labute approximate surface area is 124 Å². The van der Waals surface area contributed by atoms with Crippen molar-refractivity contribution in [3.63, 3.8) is 0 Å². The molecule has 1 saturated heterocycles. The van der Waals surface area contributed by atoms with Gasteiger partial charge in [0.25, 0.3) is 5.91 Å². The molecule has 0 saturated carbocycles. The Kier molecular flexibility index (Phi) is 4.73. The lowest BCUT2D eigenvalue weighted by molar-refractivity contribution is -0.0586. The van der Waals surface area contributed by atoms with E-state index in [9.17, 15) is 4.79 Å². The molecule has 0 radical (unpaired) electrons. The van der Waals surface area contributed by atoms with Crippen molar-refractivity contribution in [3.05, 3.63) is 35.4 Å². The van der Waals surface area contributed by atoms with Gasteiger partial charge in [0, 0.05) is 25.1 Å². The molecular weight excluding hydrogens is 272 g/mol. The maximum atomic E-state index is 12.5. The summed E-state index contributed by atoms with van der Waals surface area (Å²) in [5.41, 5.74) is 7.20. The second-order valence-corrected chi connectivity index (χ2v) is 5.84. The molecule has 1 aromatic rings. The first-order valence-electron chi connectivity index (χ1n) is 6.77. The Balaban J connectivity index is 2.14. The van der Waals surface area contributed by atoms with Crippen molar-refractivity contribution in [2.45, 2.75) is 32.5 Å². The SMILES string of the molecule is CC1CN(C(=O)c2cccc(CC(N)=S)c2)CC(C)O1. The molecule has 2 atom stereocenters. The lowest BCUT2D eigenvalue weighted by atomic mass is 10.1. The highest BCUT2D eigenvalue weighted by Crippen LogP contribution is 2.15. The van der Waals surface area contributed by atoms with E-state index in [0.29, 0.717) is 30.1 Å². The Morgan fingerprint density at radius 1 is 1.40 bits per heavy atom. The summed E-state index contributed by atoms with van der Waals surface area (Å²) in [6.45, 7) is 5.23. The maximum absolute atomic E-state index is 12.5. The van der Waals surface area contributed by atoms with Gasteiger partial charge in [-0.2, -0.15) is 0 Å². The molecule has 0 aromatic heterocycles. The molecule has 1 fully saturated rings. The minimum atomic E-state index is 0.0387. The number of amides is 1. The van der Waals surface area contributed by atoms with Crippen molar-refractivity contribution in [2.75, 3.05) is 13.1 Å². The van der Waals surface area contributed by atoms with Gasteiger partial charge in [-0.1, -0.05) is 24.4 Å². The van der Waals surface area contributed by atoms with Gasteiger partial charge in [-0.15, -0.1) is 0 Å². The standard InChI is InChI=1S/C15H20N2O2S/c1-10-8-17(9-11(2)19-10)15(18)13-5-3-4-12(6-13)7-14(16)20/h3-6,10-11H,7-9H2,1-2H3,(H2,16,20). The molecule has 2 rings (SSSR count). The number of ether oxygens (including phenoxy) is 1. The monoisotopic (exact) mass is 292 g/mol. The average molecular weight is 292 g/mol. The molecule has 1 heterocycles. The Bertz CT molecular complexity index is 508. The van der Waals surface area contributed by atoms with Gasteiger partial charge in [-0.05, 0) is 31.5 Å². The molecular formula is C15H20N2O2S. The summed E-state index contributed by atoms with van der Waals surface area (Å²) in [6.07, 6.45) is 0.664. The Morgan fingerprint density at radius 3 is 2.65 bits per heavy atom. The minimum Gasteiger partial charge on any atom is -0.393 e. The number of nitrogens with zero attached hydrogens (tertiary/aromatic N) is 1. The van der Waals surface area contributed by atoms with Gasteiger partial charge in [0.15, 0.2) is 0 Å². The molecule has 0 bridgehead atoms. The van der Waals surface area contributed by atoms with E-state index in [4.69, 9.17) is 22.7 Å². The average Bonchev–Trinajstić information content (AvgIpc) is 2.36. The highest BCUT2D eigenvalue weighted by Gasteiger charge is 2.26. The molecule has 0 spiro atoms. The number of carbonyl (C=O) groups excluding carboxylic acids is 1. The summed E-state index contributed by atoms with van der Waals surface area (Å²) in [4.78, 5) is 14.8. The van der Waals surface area contributed by atoms with Crippen LogP contribution in [0.1, 0.15) is 29.8 Å². The highest BCUT2D eigenvalue weighted by molar-refractivity contribution is 7.80. The lowest BCUT2D eigenvalue weighted by Crippen LogP contribution is -2.48. The normalized spacial score (nSPS) is 22.6. The Hall–Kier alpha value is -1.46. The van der Waals surface area contributed by atoms with Crippen LogP contribution in [0.25, 0.3) is 0 Å². The zero-order valence-electron chi connectivity index (χ0n) is 11.8. The summed E-state index contributed by atoms with van der Waals surface area (Å²) in [5, 5.41) is 0. The van der Waals surface area contributed by atoms with E-state index < -0.39 is 0 Å². The highest BCUT2D eigenvalue weighted by atomic mass is 32.1. The van der Waals surface area contributed by atoms with Gasteiger partial charge in [0.1, 0.15) is 0 Å². The molecule has 20 heavy (non-hydrogen) atoms. The van der Waals surface area contributed by atoms with Crippen LogP contribution in [-0.4, -0.2) is 41.1 Å². The number of morpholine rings is 1. The molecule has 4 nitrogen and oxygen atoms in total. The summed E-state index contributed by atoms with van der Waals surface area (Å²) < 4.78 is 5.65. The molecule has 0 aliphatic carbocycles. The molecule has 2 N–H and O–H groups in total. The van der Waals surface area contributed by atoms with E-state index in [1.165, 1.54) is 0 Å². The summed E-state index contributed by atoms with van der Waals surface area (Å²) in [6, 6.07) is 7.50. The topological polar surface area (TPSA) is 55.6 Å². The van der Waals surface area contributed by atoms with Crippen LogP contribution in [0.2, 0.25) is 0 Å². The number of carbonyl (C=O) groups is 1. The van der Waals surface area contributed by atoms with Crippen LogP contribution in [-0.2, 0) is 11.2 Å². The third kappa shape index (κ3) is 3.77. The van der Waals surface area contributed by atoms with Crippen molar-refractivity contribution >= 4 is 23.1 Å². The van der Waals surface area contributed by atoms with Crippen LogP contribution < -0.4 is 5.73 Å². The van der Waals surface area contributed by atoms with E-state index in [0.717, 1.165) is 5.56 Å². The predicted octanol–water partition coefficient (Wildman–Crippen LogP) is 1.76. The van der Waals surface area contributed by atoms with Crippen LogP contribution in [0.15, 0.2) is 24.3 Å². The smallest absolute Gasteiger partial charge is 0.254 e. The van der Waals surface area contributed by atoms with Crippen LogP contribution in [0.4, 0.5) is 0 Å². The molecule has 108 valence electrons. The first-order chi connectivity index (χ1) is 9.45. The van der Waals surface area contributed by atoms with Crippen molar-refractivity contribution in [1.29, 1.82) is 0 Å². The predicted molar refractivity (Wildman–Crippen MR) is 82.8 cm³/mol. The summed E-state index contributed by atoms with van der Waals surface area (Å²) in [5.74, 6) is 0.0387. The maximum Gasteiger partial charge on any atom is 0.254 e. The fourth-order valence-electron chi connectivity index (χ4n) is 2.54. The first kappa shape index (κ1) is 14.9. The van der Waals surface area contributed by atoms with Crippen LogP contribution >= 0.6 is 12.2 Å². The number of rotatable bonds is 3. The fraction of sp³-hybridized carbons (Fsp3) is 0.467. The van der Waals surface area contributed by atoms with Crippen LogP contribution in [0.5, 0.6) is 0 Å². The van der Waals surface area contributed by atoms with Gasteiger partial charge in [-0.3, -0.25) is 4.79 Å². The second kappa shape index (κ2) is 6.33. The van der Waals surface area contributed by atoms with Crippen molar-refractivity contribution in [1.82, 2.24) is 4.90 Å². The molecule has 2 unspecified atom stereocenters. The molecule has 5 heteroatoms. The van der Waals surface area contributed by atoms with Gasteiger partial charge in [0.2, 0.25) is 0 Å². The molecule has 1 amide bonds. The van der Waals surface area contributed by atoms with E-state index in [-0.39, 0.29) is 18.1 Å². The van der Waals surface area contributed by atoms with E-state index in [2.05, 4.69) is 0 Å². The summed E-state index contributed by atoms with van der Waals surface area (Å²) in [7, 11) is 0. The van der Waals surface area contributed by atoms with E-state index in [1.807, 2.05) is 43.0 Å². The Morgan fingerprint density at radius 2 is 2.05 bits per heavy atom. The third-order valence-electron chi connectivity index (χ3n) is 3.26. The van der Waals surface area contributed by atoms with E-state index >= 15 is 0 Å². The van der Waals surface area contributed by atoms with Crippen LogP contribution in [0.3, 0.4) is 0 Å². The van der Waals surface area contributed by atoms with Gasteiger partial charge < -0.3 is 15.4 Å². The number of thiocarbonyl (C=S) groups is 1. The summed E-state index contributed by atoms with van der Waals surface area (Å²) >= 11 is 4.91. The number of hydrogen-bond acceptors (Lipinski definition) is 3. The first-order valence-corrected chi connectivity index (χ1v) is 7.18. The largest absolute Gasteiger partial charge is 0.393 e. The zero-order valence-corrected chi connectivity index (χ0v) is 12.7. The van der Waals surface area contributed by atoms with Crippen molar-refractivity contribution < 1.29 is 9.53 Å². The fourth-order valence-corrected chi connectivity index (χ4v) is 2.71. The number of nitrogens with two attached hydrogens (primary N) is 1. The van der Waals surface area contributed by atoms with Gasteiger partial charge in [0.05, 0.1) is 17.2 Å². The number of benzene rings is 1. The quantitative estimate of drug-likeness (QED) is 0.863. The number of hydrogen-bond donors (Lipinski definition) is 1. The second-order valence-electron chi connectivity index (χ2n) is 5.31. The third-order valence-corrected chi connectivity index (χ3v) is 3.40. The molecule has 1 aliphatic heterocycles. The zero-order chi connectivity index (χ0) is 14.7. The molecule has 1 aliphatic rings. The van der Waals surface area contributed by atoms with E-state index in [1.54, 1.807) is 0 Å². The molecule has 1 aromatic carbocycles. The lowest BCUT2D eigenvalue weighted by Gasteiger charge is -2.35. The minimum absolute atomic E-state index is 0.0387. The van der Waals surface area contributed by atoms with Gasteiger partial charge in [-0.25, -0.2) is 0 Å². The van der Waals surface area contributed by atoms with Crippen molar-refractivity contribution in [2.24, 2.45) is 5.73 Å². The van der Waals surface area contributed by atoms with Crippen molar-refractivity contribution in [3.8, 4) is 0 Å².